The van der Waals surface area contributed by atoms with Crippen LogP contribution in [0.3, 0.4) is 0 Å². The minimum atomic E-state index is -4.01. The lowest BCUT2D eigenvalue weighted by molar-refractivity contribution is -0.258. The van der Waals surface area contributed by atoms with E-state index in [9.17, 15) is 8.42 Å². The average Bonchev–Trinajstić information content (AvgIpc) is 2.86. The summed E-state index contributed by atoms with van der Waals surface area (Å²) < 4.78 is 53.6. The molecule has 2 fully saturated rings. The van der Waals surface area contributed by atoms with Gasteiger partial charge in [0.1, 0.15) is 12.2 Å². The molecule has 5 atom stereocenters. The number of methoxy groups -OCH3 is 1. The van der Waals surface area contributed by atoms with Gasteiger partial charge < -0.3 is 18.9 Å². The van der Waals surface area contributed by atoms with E-state index >= 15 is 0 Å². The van der Waals surface area contributed by atoms with E-state index in [1.54, 1.807) is 26.0 Å². The molecular formula is C17H24O7S. The molecule has 2 aliphatic rings. The number of rotatable bonds is 4. The average molecular weight is 372 g/mol. The summed E-state index contributed by atoms with van der Waals surface area (Å²) in [6, 6.07) is 6.44. The molecule has 7 nitrogen and oxygen atoms in total. The molecule has 1 aromatic rings. The summed E-state index contributed by atoms with van der Waals surface area (Å²) >= 11 is 0. The van der Waals surface area contributed by atoms with Gasteiger partial charge in [-0.15, -0.1) is 0 Å². The quantitative estimate of drug-likeness (QED) is 0.748. The van der Waals surface area contributed by atoms with Crippen LogP contribution in [0.25, 0.3) is 0 Å². The van der Waals surface area contributed by atoms with E-state index in [1.165, 1.54) is 19.2 Å². The highest BCUT2D eigenvalue weighted by atomic mass is 32.2. The molecule has 0 spiro atoms. The second kappa shape index (κ2) is 6.61. The summed E-state index contributed by atoms with van der Waals surface area (Å²) in [5, 5.41) is 0. The van der Waals surface area contributed by atoms with Gasteiger partial charge in [0.15, 0.2) is 18.2 Å². The fourth-order valence-electron chi connectivity index (χ4n) is 3.15. The van der Waals surface area contributed by atoms with Gasteiger partial charge in [0.25, 0.3) is 10.1 Å². The van der Waals surface area contributed by atoms with Crippen LogP contribution in [-0.4, -0.2) is 52.0 Å². The van der Waals surface area contributed by atoms with Gasteiger partial charge in [-0.2, -0.15) is 8.42 Å². The van der Waals surface area contributed by atoms with Crippen molar-refractivity contribution in [2.45, 2.75) is 69.1 Å². The second-order valence-electron chi connectivity index (χ2n) is 6.84. The molecular weight excluding hydrogens is 348 g/mol. The van der Waals surface area contributed by atoms with Gasteiger partial charge in [-0.1, -0.05) is 17.7 Å². The number of hydrogen-bond acceptors (Lipinski definition) is 7. The molecule has 2 aliphatic heterocycles. The number of benzene rings is 1. The van der Waals surface area contributed by atoms with Crippen molar-refractivity contribution >= 4 is 10.1 Å². The van der Waals surface area contributed by atoms with Crippen LogP contribution in [0.1, 0.15) is 26.3 Å². The van der Waals surface area contributed by atoms with Crippen molar-refractivity contribution in [3.8, 4) is 0 Å². The first-order valence-electron chi connectivity index (χ1n) is 8.17. The molecule has 0 unspecified atom stereocenters. The predicted octanol–water partition coefficient (Wildman–Crippen LogP) is 1.98. The lowest BCUT2D eigenvalue weighted by atomic mass is 10.0. The van der Waals surface area contributed by atoms with Gasteiger partial charge in [-0.25, -0.2) is 0 Å². The maximum atomic E-state index is 12.7. The zero-order valence-corrected chi connectivity index (χ0v) is 15.8. The predicted molar refractivity (Wildman–Crippen MR) is 88.4 cm³/mol. The van der Waals surface area contributed by atoms with Crippen LogP contribution in [0.2, 0.25) is 0 Å². The Hall–Kier alpha value is -1.03. The number of ether oxygens (including phenoxy) is 4. The first-order chi connectivity index (χ1) is 11.6. The second-order valence-corrected chi connectivity index (χ2v) is 8.41. The maximum absolute atomic E-state index is 12.7. The minimum absolute atomic E-state index is 0.0706. The van der Waals surface area contributed by atoms with E-state index in [0.717, 1.165) is 5.56 Å². The van der Waals surface area contributed by atoms with E-state index in [4.69, 9.17) is 23.1 Å². The molecule has 8 heteroatoms. The molecule has 3 rings (SSSR count). The highest BCUT2D eigenvalue weighted by Gasteiger charge is 2.56. The Kier molecular flexibility index (Phi) is 4.95. The molecule has 0 aromatic heterocycles. The van der Waals surface area contributed by atoms with Crippen molar-refractivity contribution in [3.63, 3.8) is 0 Å². The topological polar surface area (TPSA) is 80.3 Å². The van der Waals surface area contributed by atoms with Gasteiger partial charge in [-0.05, 0) is 39.8 Å². The van der Waals surface area contributed by atoms with E-state index in [0.29, 0.717) is 0 Å². The zero-order valence-electron chi connectivity index (χ0n) is 15.0. The first-order valence-corrected chi connectivity index (χ1v) is 9.58. The highest BCUT2D eigenvalue weighted by Crippen LogP contribution is 2.39. The van der Waals surface area contributed by atoms with E-state index in [-0.39, 0.29) is 11.0 Å². The first kappa shape index (κ1) is 18.8. The third-order valence-corrected chi connectivity index (χ3v) is 5.67. The molecule has 0 radical (unpaired) electrons. The Balaban J connectivity index is 1.89. The Labute approximate surface area is 148 Å². The molecule has 0 amide bonds. The molecule has 2 saturated heterocycles. The van der Waals surface area contributed by atoms with Crippen molar-refractivity contribution in [1.82, 2.24) is 0 Å². The molecule has 2 heterocycles. The summed E-state index contributed by atoms with van der Waals surface area (Å²) in [4.78, 5) is 0.0706. The van der Waals surface area contributed by atoms with Crippen LogP contribution in [0, 0.1) is 6.92 Å². The Morgan fingerprint density at radius 1 is 1.08 bits per heavy atom. The molecule has 1 aromatic carbocycles. The Morgan fingerprint density at radius 3 is 2.28 bits per heavy atom. The lowest BCUT2D eigenvalue weighted by Crippen LogP contribution is -2.57. The van der Waals surface area contributed by atoms with Gasteiger partial charge in [0.2, 0.25) is 0 Å². The monoisotopic (exact) mass is 372 g/mol. The summed E-state index contributed by atoms with van der Waals surface area (Å²) in [5.41, 5.74) is 0.956. The number of hydrogen-bond donors (Lipinski definition) is 0. The summed E-state index contributed by atoms with van der Waals surface area (Å²) in [7, 11) is -2.57. The van der Waals surface area contributed by atoms with Crippen LogP contribution >= 0.6 is 0 Å². The van der Waals surface area contributed by atoms with Gasteiger partial charge in [0.05, 0.1) is 11.0 Å². The fraction of sp³-hybridized carbons (Fsp3) is 0.647. The molecule has 140 valence electrons. The minimum Gasteiger partial charge on any atom is -0.353 e. The van der Waals surface area contributed by atoms with Crippen molar-refractivity contribution < 1.29 is 31.5 Å². The van der Waals surface area contributed by atoms with Crippen LogP contribution in [0.4, 0.5) is 0 Å². The highest BCUT2D eigenvalue weighted by molar-refractivity contribution is 7.86. The Bertz CT molecular complexity index is 713. The van der Waals surface area contributed by atoms with Crippen molar-refractivity contribution in [2.24, 2.45) is 0 Å². The Morgan fingerprint density at radius 2 is 1.68 bits per heavy atom. The van der Waals surface area contributed by atoms with Crippen molar-refractivity contribution in [2.75, 3.05) is 7.11 Å². The summed E-state index contributed by atoms with van der Waals surface area (Å²) in [5.74, 6) is -0.856. The van der Waals surface area contributed by atoms with Crippen LogP contribution in [0.5, 0.6) is 0 Å². The van der Waals surface area contributed by atoms with Crippen molar-refractivity contribution in [1.29, 1.82) is 0 Å². The maximum Gasteiger partial charge on any atom is 0.297 e. The summed E-state index contributed by atoms with van der Waals surface area (Å²) in [6.07, 6.45) is -3.24. The molecule has 25 heavy (non-hydrogen) atoms. The van der Waals surface area contributed by atoms with Crippen LogP contribution < -0.4 is 0 Å². The third-order valence-electron chi connectivity index (χ3n) is 4.35. The van der Waals surface area contributed by atoms with Crippen LogP contribution in [0.15, 0.2) is 29.2 Å². The smallest absolute Gasteiger partial charge is 0.297 e. The summed E-state index contributed by atoms with van der Waals surface area (Å²) in [6.45, 7) is 7.25. The van der Waals surface area contributed by atoms with E-state index in [1.807, 2.05) is 13.8 Å². The van der Waals surface area contributed by atoms with Crippen molar-refractivity contribution in [3.05, 3.63) is 29.8 Å². The number of aryl methyl sites for hydroxylation is 1. The normalized spacial score (nSPS) is 34.7. The SMILES string of the molecule is CO[C@@H]1O[C@@H](C)[C@H]2OC(C)(C)O[C@H]2[C@@H]1OS(=O)(=O)c1ccc(C)cc1. The van der Waals surface area contributed by atoms with Gasteiger partial charge in [0, 0.05) is 7.11 Å². The standard InChI is InChI=1S/C17H24O7S/c1-10-6-8-12(9-7-10)25(18,19)24-15-14-13(22-17(3,4)23-14)11(2)21-16(15)20-5/h6-9,11,13-16H,1-5H3/t11-,13+,14+,15-,16+/m0/s1. The number of fused-ring (bicyclic) bond motifs is 1. The van der Waals surface area contributed by atoms with E-state index < -0.39 is 40.5 Å². The zero-order chi connectivity index (χ0) is 18.4. The lowest BCUT2D eigenvalue weighted by Gasteiger charge is -2.39. The molecule has 0 bridgehead atoms. The fourth-order valence-corrected chi connectivity index (χ4v) is 4.23. The molecule has 0 N–H and O–H groups in total. The van der Waals surface area contributed by atoms with Crippen LogP contribution in [-0.2, 0) is 33.2 Å². The van der Waals surface area contributed by atoms with Gasteiger partial charge in [-0.3, -0.25) is 4.18 Å². The largest absolute Gasteiger partial charge is 0.353 e. The molecule has 0 aliphatic carbocycles. The molecule has 0 saturated carbocycles. The third kappa shape index (κ3) is 3.74. The van der Waals surface area contributed by atoms with E-state index in [2.05, 4.69) is 0 Å². The van der Waals surface area contributed by atoms with Gasteiger partial charge >= 0.3 is 0 Å².